The molecule has 0 spiro atoms. The van der Waals surface area contributed by atoms with E-state index in [4.69, 9.17) is 11.6 Å². The van der Waals surface area contributed by atoms with Crippen molar-refractivity contribution in [3.63, 3.8) is 0 Å². The zero-order valence-corrected chi connectivity index (χ0v) is 10.9. The minimum atomic E-state index is 0.0914. The van der Waals surface area contributed by atoms with Gasteiger partial charge in [-0.15, -0.1) is 11.3 Å². The van der Waals surface area contributed by atoms with Crippen molar-refractivity contribution < 1.29 is 4.79 Å². The Labute approximate surface area is 109 Å². The maximum absolute atomic E-state index is 12.3. The van der Waals surface area contributed by atoms with Crippen molar-refractivity contribution in [3.05, 3.63) is 34.2 Å². The molecule has 1 saturated heterocycles. The molecule has 2 aromatic rings. The number of fused-ring (bicyclic) bond motifs is 1. The molecule has 4 heteroatoms. The summed E-state index contributed by atoms with van der Waals surface area (Å²) in [6.45, 7) is 1.73. The predicted octanol–water partition coefficient (Wildman–Crippen LogP) is 3.79. The van der Waals surface area contributed by atoms with E-state index in [9.17, 15) is 4.79 Å². The Morgan fingerprint density at radius 1 is 1.24 bits per heavy atom. The molecule has 0 atom stereocenters. The van der Waals surface area contributed by atoms with Gasteiger partial charge in [0.05, 0.1) is 5.02 Å². The number of amides is 1. The Balaban J connectivity index is 2.05. The van der Waals surface area contributed by atoms with Crippen molar-refractivity contribution in [3.8, 4) is 0 Å². The molecule has 2 heterocycles. The van der Waals surface area contributed by atoms with E-state index in [1.54, 1.807) is 0 Å². The van der Waals surface area contributed by atoms with Crippen LogP contribution in [0, 0.1) is 0 Å². The lowest BCUT2D eigenvalue weighted by Gasteiger charge is -2.13. The molecule has 0 N–H and O–H groups in total. The lowest BCUT2D eigenvalue weighted by atomic mass is 10.2. The molecule has 17 heavy (non-hydrogen) atoms. The first-order valence-electron chi connectivity index (χ1n) is 5.73. The maximum atomic E-state index is 12.3. The zero-order chi connectivity index (χ0) is 11.8. The molecule has 2 nitrogen and oxygen atoms in total. The van der Waals surface area contributed by atoms with Gasteiger partial charge in [-0.3, -0.25) is 4.79 Å². The van der Waals surface area contributed by atoms with Gasteiger partial charge < -0.3 is 4.90 Å². The van der Waals surface area contributed by atoms with Crippen LogP contribution in [0.5, 0.6) is 0 Å². The number of rotatable bonds is 1. The summed E-state index contributed by atoms with van der Waals surface area (Å²) in [5.41, 5.74) is 0. The molecule has 1 amide bonds. The molecular weight excluding hydrogens is 254 g/mol. The predicted molar refractivity (Wildman–Crippen MR) is 72.0 cm³/mol. The van der Waals surface area contributed by atoms with Crippen molar-refractivity contribution in [2.24, 2.45) is 0 Å². The summed E-state index contributed by atoms with van der Waals surface area (Å²) in [5, 5.41) is 1.60. The summed E-state index contributed by atoms with van der Waals surface area (Å²) in [6.07, 6.45) is 2.21. The normalized spacial score (nSPS) is 15.7. The second-order valence-electron chi connectivity index (χ2n) is 4.24. The summed E-state index contributed by atoms with van der Waals surface area (Å²) < 4.78 is 1.08. The summed E-state index contributed by atoms with van der Waals surface area (Å²) in [6, 6.07) is 7.89. The van der Waals surface area contributed by atoms with Crippen LogP contribution in [-0.4, -0.2) is 23.9 Å². The van der Waals surface area contributed by atoms with Crippen LogP contribution in [0.25, 0.3) is 10.1 Å². The fourth-order valence-corrected chi connectivity index (χ4v) is 3.70. The van der Waals surface area contributed by atoms with E-state index in [1.807, 2.05) is 29.2 Å². The van der Waals surface area contributed by atoms with E-state index in [0.29, 0.717) is 9.90 Å². The number of thiophene rings is 1. The van der Waals surface area contributed by atoms with E-state index in [-0.39, 0.29) is 5.91 Å². The maximum Gasteiger partial charge on any atom is 0.265 e. The van der Waals surface area contributed by atoms with Crippen molar-refractivity contribution >= 4 is 38.9 Å². The number of hydrogen-bond acceptors (Lipinski definition) is 2. The summed E-state index contributed by atoms with van der Waals surface area (Å²) in [5.74, 6) is 0.0914. The van der Waals surface area contributed by atoms with E-state index in [2.05, 4.69) is 0 Å². The molecule has 1 aliphatic heterocycles. The van der Waals surface area contributed by atoms with Gasteiger partial charge in [-0.05, 0) is 18.9 Å². The van der Waals surface area contributed by atoms with Crippen LogP contribution >= 0.6 is 22.9 Å². The topological polar surface area (TPSA) is 20.3 Å². The monoisotopic (exact) mass is 265 g/mol. The van der Waals surface area contributed by atoms with Gasteiger partial charge in [-0.25, -0.2) is 0 Å². The van der Waals surface area contributed by atoms with Gasteiger partial charge in [-0.2, -0.15) is 0 Å². The number of carbonyl (C=O) groups is 1. The third-order valence-corrected chi connectivity index (χ3v) is 4.79. The first kappa shape index (κ1) is 11.1. The highest BCUT2D eigenvalue weighted by atomic mass is 35.5. The Morgan fingerprint density at radius 3 is 2.65 bits per heavy atom. The summed E-state index contributed by atoms with van der Waals surface area (Å²) in [4.78, 5) is 14.9. The third kappa shape index (κ3) is 1.83. The van der Waals surface area contributed by atoms with Crippen LogP contribution in [0.3, 0.4) is 0 Å². The van der Waals surface area contributed by atoms with Crippen LogP contribution < -0.4 is 0 Å². The molecule has 0 radical (unpaired) electrons. The number of hydrogen-bond donors (Lipinski definition) is 0. The molecule has 0 unspecified atom stereocenters. The van der Waals surface area contributed by atoms with Crippen LogP contribution in [0.4, 0.5) is 0 Å². The molecule has 1 aromatic carbocycles. The van der Waals surface area contributed by atoms with E-state index in [0.717, 1.165) is 36.0 Å². The lowest BCUT2D eigenvalue weighted by Crippen LogP contribution is -2.26. The quantitative estimate of drug-likeness (QED) is 0.768. The highest BCUT2D eigenvalue weighted by Gasteiger charge is 2.24. The fraction of sp³-hybridized carbons (Fsp3) is 0.308. The van der Waals surface area contributed by atoms with E-state index >= 15 is 0 Å². The summed E-state index contributed by atoms with van der Waals surface area (Å²) in [7, 11) is 0. The number of nitrogens with zero attached hydrogens (tertiary/aromatic N) is 1. The Hall–Kier alpha value is -1.06. The molecule has 88 valence electrons. The van der Waals surface area contributed by atoms with Crippen molar-refractivity contribution in [2.45, 2.75) is 12.8 Å². The van der Waals surface area contributed by atoms with Crippen molar-refractivity contribution in [2.75, 3.05) is 13.1 Å². The lowest BCUT2D eigenvalue weighted by molar-refractivity contribution is 0.0798. The minimum Gasteiger partial charge on any atom is -0.338 e. The van der Waals surface area contributed by atoms with Gasteiger partial charge in [0.15, 0.2) is 0 Å². The average molecular weight is 266 g/mol. The molecule has 0 aliphatic carbocycles. The molecule has 1 fully saturated rings. The standard InChI is InChI=1S/C13H12ClNOS/c14-11-9-5-1-2-6-10(9)17-12(11)13(16)15-7-3-4-8-15/h1-2,5-6H,3-4,7-8H2. The SMILES string of the molecule is O=C(c1sc2ccccc2c1Cl)N1CCCC1. The van der Waals surface area contributed by atoms with Crippen molar-refractivity contribution in [1.29, 1.82) is 0 Å². The van der Waals surface area contributed by atoms with Gasteiger partial charge in [0.25, 0.3) is 5.91 Å². The van der Waals surface area contributed by atoms with Crippen molar-refractivity contribution in [1.82, 2.24) is 4.90 Å². The summed E-state index contributed by atoms with van der Waals surface area (Å²) >= 11 is 7.79. The molecule has 0 bridgehead atoms. The van der Waals surface area contributed by atoms with E-state index in [1.165, 1.54) is 11.3 Å². The highest BCUT2D eigenvalue weighted by molar-refractivity contribution is 7.21. The molecular formula is C13H12ClNOS. The number of carbonyl (C=O) groups excluding carboxylic acids is 1. The molecule has 1 aromatic heterocycles. The highest BCUT2D eigenvalue weighted by Crippen LogP contribution is 2.36. The Morgan fingerprint density at radius 2 is 1.94 bits per heavy atom. The Bertz CT molecular complexity index is 572. The number of likely N-dealkylation sites (tertiary alicyclic amines) is 1. The number of halogens is 1. The van der Waals surface area contributed by atoms with Gasteiger partial charge in [-0.1, -0.05) is 29.8 Å². The van der Waals surface area contributed by atoms with E-state index < -0.39 is 0 Å². The van der Waals surface area contributed by atoms with Gasteiger partial charge >= 0.3 is 0 Å². The minimum absolute atomic E-state index is 0.0914. The second-order valence-corrected chi connectivity index (χ2v) is 5.67. The first-order valence-corrected chi connectivity index (χ1v) is 6.93. The largest absolute Gasteiger partial charge is 0.338 e. The molecule has 3 rings (SSSR count). The zero-order valence-electron chi connectivity index (χ0n) is 9.28. The smallest absolute Gasteiger partial charge is 0.265 e. The van der Waals surface area contributed by atoms with Crippen LogP contribution in [-0.2, 0) is 0 Å². The molecule has 1 aliphatic rings. The van der Waals surface area contributed by atoms with Gasteiger partial charge in [0.1, 0.15) is 4.88 Å². The van der Waals surface area contributed by atoms with Gasteiger partial charge in [0.2, 0.25) is 0 Å². The first-order chi connectivity index (χ1) is 8.27. The van der Waals surface area contributed by atoms with Crippen LogP contribution in [0.2, 0.25) is 5.02 Å². The fourth-order valence-electron chi connectivity index (χ4n) is 2.22. The van der Waals surface area contributed by atoms with Crippen LogP contribution in [0.1, 0.15) is 22.5 Å². The number of benzene rings is 1. The Kier molecular flexibility index (Phi) is 2.81. The average Bonchev–Trinajstić information content (AvgIpc) is 2.97. The molecule has 0 saturated carbocycles. The van der Waals surface area contributed by atoms with Crippen LogP contribution in [0.15, 0.2) is 24.3 Å². The second kappa shape index (κ2) is 4.31. The third-order valence-electron chi connectivity index (χ3n) is 3.12. The van der Waals surface area contributed by atoms with Gasteiger partial charge in [0, 0.05) is 23.2 Å².